The predicted molar refractivity (Wildman–Crippen MR) is 109 cm³/mol. The number of carboxylic acids is 1. The summed E-state index contributed by atoms with van der Waals surface area (Å²) in [5, 5.41) is 21.3. The summed E-state index contributed by atoms with van der Waals surface area (Å²) in [5.41, 5.74) is -11.4. The van der Waals surface area contributed by atoms with Gasteiger partial charge in [-0.15, -0.1) is 0 Å². The van der Waals surface area contributed by atoms with Crippen molar-refractivity contribution in [1.82, 2.24) is 5.32 Å². The van der Waals surface area contributed by atoms with E-state index in [1.807, 2.05) is 0 Å². The molecular formula is C20H14F6N2O3S2. The zero-order chi connectivity index (χ0) is 25.0. The number of thioether (sulfide) groups is 2. The number of carboxylic acid groups (broad SMARTS) is 1. The van der Waals surface area contributed by atoms with Gasteiger partial charge >= 0.3 is 17.0 Å². The summed E-state index contributed by atoms with van der Waals surface area (Å²) in [5.74, 6) is -2.27. The van der Waals surface area contributed by atoms with Crippen molar-refractivity contribution in [3.63, 3.8) is 0 Å². The minimum Gasteiger partial charge on any atom is -0.478 e. The number of amides is 1. The molecule has 0 aliphatic rings. The van der Waals surface area contributed by atoms with Crippen LogP contribution in [-0.2, 0) is 6.42 Å². The zero-order valence-corrected chi connectivity index (χ0v) is 18.2. The number of alkyl halides is 6. The van der Waals surface area contributed by atoms with Crippen molar-refractivity contribution in [2.45, 2.75) is 39.7 Å². The van der Waals surface area contributed by atoms with Gasteiger partial charge in [0.25, 0.3) is 5.91 Å². The van der Waals surface area contributed by atoms with E-state index in [1.54, 1.807) is 6.07 Å². The molecule has 33 heavy (non-hydrogen) atoms. The molecule has 0 heterocycles. The molecule has 5 nitrogen and oxygen atoms in total. The van der Waals surface area contributed by atoms with Crippen LogP contribution in [0.3, 0.4) is 0 Å². The lowest BCUT2D eigenvalue weighted by Gasteiger charge is -2.24. The molecule has 2 N–H and O–H groups in total. The molecule has 2 rings (SSSR count). The quantitative estimate of drug-likeness (QED) is 0.360. The Kier molecular flexibility index (Phi) is 7.97. The summed E-state index contributed by atoms with van der Waals surface area (Å²) in [7, 11) is 0. The van der Waals surface area contributed by atoms with Crippen LogP contribution in [0.4, 0.5) is 26.3 Å². The number of rotatable bonds is 7. The summed E-state index contributed by atoms with van der Waals surface area (Å²) in [4.78, 5) is 23.5. The van der Waals surface area contributed by atoms with Gasteiger partial charge in [-0.25, -0.2) is 4.79 Å². The number of nitriles is 1. The van der Waals surface area contributed by atoms with Crippen LogP contribution in [0.15, 0.2) is 52.3 Å². The molecule has 0 bridgehead atoms. The van der Waals surface area contributed by atoms with E-state index < -0.39 is 46.6 Å². The molecule has 0 spiro atoms. The van der Waals surface area contributed by atoms with Gasteiger partial charge in [0.15, 0.2) is 0 Å². The van der Waals surface area contributed by atoms with Crippen LogP contribution in [-0.4, -0.2) is 33.5 Å². The first kappa shape index (κ1) is 26.4. The molecule has 0 saturated heterocycles. The number of nitrogens with one attached hydrogen (secondary N) is 1. The molecule has 2 aromatic carbocycles. The van der Waals surface area contributed by atoms with Gasteiger partial charge in [0, 0.05) is 21.8 Å². The van der Waals surface area contributed by atoms with Gasteiger partial charge < -0.3 is 10.4 Å². The average molecular weight is 508 g/mol. The van der Waals surface area contributed by atoms with Crippen LogP contribution in [0.25, 0.3) is 0 Å². The fourth-order valence-electron chi connectivity index (χ4n) is 2.75. The minimum absolute atomic E-state index is 0.0668. The highest BCUT2D eigenvalue weighted by Crippen LogP contribution is 2.38. The third kappa shape index (κ3) is 8.21. The van der Waals surface area contributed by atoms with Gasteiger partial charge in [-0.1, -0.05) is 0 Å². The van der Waals surface area contributed by atoms with Crippen molar-refractivity contribution in [2.75, 3.05) is 0 Å². The SMILES string of the molecule is CC(C#N)(Cc1cc(SC(F)(F)F)ccc1C(=O)O)NC(=O)c1ccc(SC(F)(F)F)cc1. The molecule has 2 aromatic rings. The van der Waals surface area contributed by atoms with Crippen molar-refractivity contribution in [1.29, 1.82) is 5.26 Å². The second kappa shape index (κ2) is 9.96. The standard InChI is InChI=1S/C20H14F6N2O3S2/c1-18(10-27,28-16(29)11-2-4-13(5-3-11)32-19(21,22)23)9-12-8-14(33-20(24,25)26)6-7-15(12)17(30)31/h2-8H,9H2,1H3,(H,28,29)(H,30,31). The van der Waals surface area contributed by atoms with Crippen molar-refractivity contribution < 1.29 is 41.0 Å². The summed E-state index contributed by atoms with van der Waals surface area (Å²) in [6.45, 7) is 1.24. The second-order valence-corrected chi connectivity index (χ2v) is 9.10. The first-order valence-electron chi connectivity index (χ1n) is 8.82. The van der Waals surface area contributed by atoms with E-state index >= 15 is 0 Å². The fraction of sp³-hybridized carbons (Fsp3) is 0.250. The Balaban J connectivity index is 2.26. The van der Waals surface area contributed by atoms with E-state index in [9.17, 15) is 46.3 Å². The highest BCUT2D eigenvalue weighted by molar-refractivity contribution is 8.00. The van der Waals surface area contributed by atoms with E-state index in [-0.39, 0.29) is 38.2 Å². The zero-order valence-electron chi connectivity index (χ0n) is 16.5. The first-order valence-corrected chi connectivity index (χ1v) is 10.5. The molecule has 176 valence electrons. The largest absolute Gasteiger partial charge is 0.478 e. The Morgan fingerprint density at radius 1 is 0.970 bits per heavy atom. The van der Waals surface area contributed by atoms with E-state index in [4.69, 9.17) is 0 Å². The van der Waals surface area contributed by atoms with E-state index in [1.165, 1.54) is 6.92 Å². The van der Waals surface area contributed by atoms with Gasteiger partial charge in [-0.2, -0.15) is 31.6 Å². The number of carbonyl (C=O) groups is 2. The third-order valence-corrected chi connectivity index (χ3v) is 5.53. The summed E-state index contributed by atoms with van der Waals surface area (Å²) in [6.07, 6.45) is -0.439. The summed E-state index contributed by atoms with van der Waals surface area (Å²) >= 11 is -0.832. The van der Waals surface area contributed by atoms with Crippen LogP contribution in [0, 0.1) is 11.3 Å². The van der Waals surface area contributed by atoms with Crippen molar-refractivity contribution in [3.05, 3.63) is 59.2 Å². The Bertz CT molecular complexity index is 1080. The fourth-order valence-corrected chi connectivity index (χ4v) is 3.89. The Morgan fingerprint density at radius 3 is 1.97 bits per heavy atom. The van der Waals surface area contributed by atoms with E-state index in [2.05, 4.69) is 5.32 Å². The van der Waals surface area contributed by atoms with Gasteiger partial charge in [0.05, 0.1) is 11.6 Å². The van der Waals surface area contributed by atoms with E-state index in [0.717, 1.165) is 42.5 Å². The van der Waals surface area contributed by atoms with Gasteiger partial charge in [-0.3, -0.25) is 4.79 Å². The van der Waals surface area contributed by atoms with Crippen molar-refractivity contribution >= 4 is 35.4 Å². The molecule has 13 heteroatoms. The normalized spacial score (nSPS) is 13.6. The van der Waals surface area contributed by atoms with Crippen molar-refractivity contribution in [3.8, 4) is 6.07 Å². The highest BCUT2D eigenvalue weighted by atomic mass is 32.2. The van der Waals surface area contributed by atoms with Crippen LogP contribution in [0.2, 0.25) is 0 Å². The lowest BCUT2D eigenvalue weighted by atomic mass is 9.91. The maximum atomic E-state index is 12.7. The molecule has 0 fully saturated rings. The van der Waals surface area contributed by atoms with Gasteiger partial charge in [-0.05, 0) is 78.5 Å². The first-order chi connectivity index (χ1) is 15.1. The molecule has 1 amide bonds. The molecule has 0 aliphatic heterocycles. The molecule has 1 atom stereocenters. The monoisotopic (exact) mass is 508 g/mol. The number of halogens is 6. The third-order valence-electron chi connectivity index (χ3n) is 4.07. The van der Waals surface area contributed by atoms with Crippen LogP contribution in [0.1, 0.15) is 33.2 Å². The summed E-state index contributed by atoms with van der Waals surface area (Å²) in [6, 6.07) is 9.09. The number of hydrogen-bond donors (Lipinski definition) is 2. The van der Waals surface area contributed by atoms with Gasteiger partial charge in [0.2, 0.25) is 0 Å². The smallest absolute Gasteiger partial charge is 0.446 e. The Hall–Kier alpha value is -2.85. The second-order valence-electron chi connectivity index (χ2n) is 6.82. The van der Waals surface area contributed by atoms with Crippen LogP contribution in [0.5, 0.6) is 0 Å². The number of aromatic carboxylic acids is 1. The maximum absolute atomic E-state index is 12.7. The highest BCUT2D eigenvalue weighted by Gasteiger charge is 2.33. The number of hydrogen-bond acceptors (Lipinski definition) is 5. The molecule has 1 unspecified atom stereocenters. The lowest BCUT2D eigenvalue weighted by Crippen LogP contribution is -2.46. The number of benzene rings is 2. The average Bonchev–Trinajstić information content (AvgIpc) is 2.65. The maximum Gasteiger partial charge on any atom is 0.446 e. The molecule has 0 aromatic heterocycles. The minimum atomic E-state index is -4.62. The van der Waals surface area contributed by atoms with Crippen molar-refractivity contribution in [2.24, 2.45) is 0 Å². The summed E-state index contributed by atoms with van der Waals surface area (Å²) < 4.78 is 75.3. The molecule has 0 saturated carbocycles. The van der Waals surface area contributed by atoms with Gasteiger partial charge in [0.1, 0.15) is 5.54 Å². The molecule has 0 radical (unpaired) electrons. The predicted octanol–water partition coefficient (Wildman–Crippen LogP) is 5.86. The molecular weight excluding hydrogens is 494 g/mol. The van der Waals surface area contributed by atoms with Crippen LogP contribution < -0.4 is 5.32 Å². The number of nitrogens with zero attached hydrogens (tertiary/aromatic N) is 1. The molecule has 0 aliphatic carbocycles. The number of carbonyl (C=O) groups excluding carboxylic acids is 1. The van der Waals surface area contributed by atoms with Crippen LogP contribution >= 0.6 is 23.5 Å². The Labute approximate surface area is 192 Å². The lowest BCUT2D eigenvalue weighted by molar-refractivity contribution is -0.0337. The van der Waals surface area contributed by atoms with E-state index in [0.29, 0.717) is 0 Å². The Morgan fingerprint density at radius 2 is 1.48 bits per heavy atom. The topological polar surface area (TPSA) is 90.2 Å².